The van der Waals surface area contributed by atoms with Gasteiger partial charge in [0.1, 0.15) is 25.4 Å². The molecule has 3 aromatic rings. The molecule has 0 aliphatic heterocycles. The van der Waals surface area contributed by atoms with Crippen LogP contribution in [0.1, 0.15) is 1.37 Å². The molecule has 0 amide bonds. The third-order valence-electron chi connectivity index (χ3n) is 3.03. The van der Waals surface area contributed by atoms with Crippen molar-refractivity contribution in [3.8, 4) is 0 Å². The van der Waals surface area contributed by atoms with Crippen LogP contribution in [0.25, 0.3) is 11.0 Å². The number of anilines is 2. The Morgan fingerprint density at radius 2 is 2.00 bits per heavy atom. The van der Waals surface area contributed by atoms with Crippen LogP contribution in [0, 0.1) is 0 Å². The summed E-state index contributed by atoms with van der Waals surface area (Å²) >= 11 is 6.06. The number of benzene rings is 1. The van der Waals surface area contributed by atoms with Gasteiger partial charge in [-0.25, -0.2) is 9.97 Å². The van der Waals surface area contributed by atoms with Gasteiger partial charge in [-0.2, -0.15) is 0 Å². The minimum Gasteiger partial charge on any atom is -0.338 e. The van der Waals surface area contributed by atoms with Gasteiger partial charge in [0, 0.05) is 12.4 Å². The SMILES string of the molecule is [2H]c1ncc(Cl)c(Nc2ccc3nccnc3c2P(C)(C)=O)n1. The third-order valence-corrected chi connectivity index (χ3v) is 4.84. The summed E-state index contributed by atoms with van der Waals surface area (Å²) in [6, 6.07) is 3.54. The first-order chi connectivity index (χ1) is 10.9. The van der Waals surface area contributed by atoms with Crippen molar-refractivity contribution in [2.45, 2.75) is 0 Å². The van der Waals surface area contributed by atoms with Crippen LogP contribution < -0.4 is 10.6 Å². The van der Waals surface area contributed by atoms with Crippen molar-refractivity contribution in [3.63, 3.8) is 0 Å². The smallest absolute Gasteiger partial charge is 0.152 e. The summed E-state index contributed by atoms with van der Waals surface area (Å²) in [5.74, 6) is 0.282. The highest BCUT2D eigenvalue weighted by molar-refractivity contribution is 7.71. The second kappa shape index (κ2) is 5.63. The number of halogens is 1. The molecular weight excluding hydrogens is 321 g/mol. The first-order valence-corrected chi connectivity index (χ1v) is 9.39. The first-order valence-electron chi connectivity index (χ1n) is 6.91. The number of hydrogen-bond acceptors (Lipinski definition) is 6. The molecule has 0 fully saturated rings. The zero-order valence-corrected chi connectivity index (χ0v) is 13.6. The van der Waals surface area contributed by atoms with E-state index in [1.165, 1.54) is 6.20 Å². The molecule has 2 heterocycles. The number of rotatable bonds is 3. The topological polar surface area (TPSA) is 80.7 Å². The van der Waals surface area contributed by atoms with Crippen molar-refractivity contribution >= 4 is 46.6 Å². The first kappa shape index (κ1) is 13.6. The Balaban J connectivity index is 2.21. The minimum absolute atomic E-state index is 0.157. The number of aromatic nitrogens is 4. The molecule has 8 heteroatoms. The van der Waals surface area contributed by atoms with Crippen molar-refractivity contribution in [1.82, 2.24) is 19.9 Å². The fraction of sp³-hybridized carbons (Fsp3) is 0.143. The molecule has 6 nitrogen and oxygen atoms in total. The molecule has 0 aliphatic carbocycles. The zero-order chi connectivity index (χ0) is 16.6. The van der Waals surface area contributed by atoms with E-state index in [4.69, 9.17) is 13.0 Å². The molecular formula is C14H13ClN5OP. The van der Waals surface area contributed by atoms with E-state index in [1.807, 2.05) is 0 Å². The minimum atomic E-state index is -2.66. The molecule has 3 rings (SSSR count). The van der Waals surface area contributed by atoms with Crippen LogP contribution in [0.2, 0.25) is 5.02 Å². The van der Waals surface area contributed by atoms with E-state index in [1.54, 1.807) is 37.9 Å². The summed E-state index contributed by atoms with van der Waals surface area (Å²) in [4.78, 5) is 16.2. The lowest BCUT2D eigenvalue weighted by Crippen LogP contribution is -2.13. The molecule has 22 heavy (non-hydrogen) atoms. The van der Waals surface area contributed by atoms with Gasteiger partial charge >= 0.3 is 0 Å². The van der Waals surface area contributed by atoms with Crippen LogP contribution in [0.4, 0.5) is 11.5 Å². The van der Waals surface area contributed by atoms with Gasteiger partial charge in [-0.05, 0) is 25.5 Å². The average molecular weight is 335 g/mol. The van der Waals surface area contributed by atoms with Crippen LogP contribution in [0.15, 0.2) is 37.0 Å². The lowest BCUT2D eigenvalue weighted by molar-refractivity contribution is 0.588. The molecule has 0 radical (unpaired) electrons. The fourth-order valence-corrected chi connectivity index (χ4v) is 3.69. The molecule has 1 aromatic carbocycles. The largest absolute Gasteiger partial charge is 0.338 e. The molecule has 0 saturated heterocycles. The summed E-state index contributed by atoms with van der Waals surface area (Å²) in [7, 11) is -2.66. The fourth-order valence-electron chi connectivity index (χ4n) is 2.16. The van der Waals surface area contributed by atoms with Gasteiger partial charge in [-0.15, -0.1) is 0 Å². The standard InChI is InChI=1S/C14H13ClN5OP/c1-22(2,21)13-11(20-14-9(15)7-16-8-19-14)4-3-10-12(13)18-6-5-17-10/h3-8H,1-2H3,(H,16,19,20)/i8D. The molecule has 0 unspecified atom stereocenters. The Hall–Kier alpha value is -2.04. The Bertz CT molecular complexity index is 946. The highest BCUT2D eigenvalue weighted by atomic mass is 35.5. The quantitative estimate of drug-likeness (QED) is 0.741. The van der Waals surface area contributed by atoms with Crippen molar-refractivity contribution < 1.29 is 5.94 Å². The van der Waals surface area contributed by atoms with Gasteiger partial charge in [-0.3, -0.25) is 9.97 Å². The van der Waals surface area contributed by atoms with Gasteiger partial charge in [0.2, 0.25) is 0 Å². The molecule has 0 aliphatic rings. The number of hydrogen-bond donors (Lipinski definition) is 1. The van der Waals surface area contributed by atoms with E-state index in [0.717, 1.165) is 0 Å². The molecule has 1 N–H and O–H groups in total. The van der Waals surface area contributed by atoms with Gasteiger partial charge in [0.05, 0.1) is 22.7 Å². The van der Waals surface area contributed by atoms with E-state index < -0.39 is 7.14 Å². The van der Waals surface area contributed by atoms with Crippen LogP contribution in [-0.4, -0.2) is 33.3 Å². The third kappa shape index (κ3) is 2.80. The van der Waals surface area contributed by atoms with E-state index >= 15 is 0 Å². The Morgan fingerprint density at radius 3 is 2.77 bits per heavy atom. The van der Waals surface area contributed by atoms with Crippen LogP contribution in [0.5, 0.6) is 0 Å². The predicted octanol–water partition coefficient (Wildman–Crippen LogP) is 3.06. The summed E-state index contributed by atoms with van der Waals surface area (Å²) in [5, 5.41) is 3.88. The highest BCUT2D eigenvalue weighted by Gasteiger charge is 2.22. The van der Waals surface area contributed by atoms with Crippen molar-refractivity contribution in [3.05, 3.63) is 42.0 Å². The van der Waals surface area contributed by atoms with E-state index in [9.17, 15) is 4.57 Å². The summed E-state index contributed by atoms with van der Waals surface area (Å²) in [6.45, 7) is 3.33. The van der Waals surface area contributed by atoms with Gasteiger partial charge in [0.15, 0.2) is 5.82 Å². The van der Waals surface area contributed by atoms with Crippen LogP contribution >= 0.6 is 18.7 Å². The molecule has 0 spiro atoms. The lowest BCUT2D eigenvalue weighted by Gasteiger charge is -2.16. The molecule has 0 bridgehead atoms. The Kier molecular flexibility index (Phi) is 3.48. The maximum absolute atomic E-state index is 12.8. The van der Waals surface area contributed by atoms with E-state index in [-0.39, 0.29) is 17.1 Å². The van der Waals surface area contributed by atoms with Crippen LogP contribution in [-0.2, 0) is 4.57 Å². The number of nitrogens with zero attached hydrogens (tertiary/aromatic N) is 4. The maximum Gasteiger partial charge on any atom is 0.152 e. The van der Waals surface area contributed by atoms with E-state index in [2.05, 4.69) is 25.3 Å². The molecule has 2 aromatic heterocycles. The van der Waals surface area contributed by atoms with Crippen molar-refractivity contribution in [2.24, 2.45) is 0 Å². The van der Waals surface area contributed by atoms with E-state index in [0.29, 0.717) is 22.0 Å². The monoisotopic (exact) mass is 334 g/mol. The normalized spacial score (nSPS) is 12.2. The average Bonchev–Trinajstić information content (AvgIpc) is 2.49. The summed E-state index contributed by atoms with van der Waals surface area (Å²) < 4.78 is 20.3. The van der Waals surface area contributed by atoms with Gasteiger partial charge in [-0.1, -0.05) is 11.6 Å². The highest BCUT2D eigenvalue weighted by Crippen LogP contribution is 2.41. The molecule has 112 valence electrons. The van der Waals surface area contributed by atoms with Gasteiger partial charge < -0.3 is 9.88 Å². The van der Waals surface area contributed by atoms with Crippen molar-refractivity contribution in [2.75, 3.05) is 18.6 Å². The van der Waals surface area contributed by atoms with Gasteiger partial charge in [0.25, 0.3) is 0 Å². The second-order valence-corrected chi connectivity index (χ2v) is 8.58. The number of nitrogens with one attached hydrogen (secondary N) is 1. The van der Waals surface area contributed by atoms with Crippen LogP contribution in [0.3, 0.4) is 0 Å². The maximum atomic E-state index is 12.8. The molecule has 0 atom stereocenters. The second-order valence-electron chi connectivity index (χ2n) is 5.03. The van der Waals surface area contributed by atoms with Crippen molar-refractivity contribution in [1.29, 1.82) is 0 Å². The number of fused-ring (bicyclic) bond motifs is 1. The summed E-state index contributed by atoms with van der Waals surface area (Å²) in [6.07, 6.45) is 4.33. The summed E-state index contributed by atoms with van der Waals surface area (Å²) in [5.41, 5.74) is 1.81. The Morgan fingerprint density at radius 1 is 1.23 bits per heavy atom. The molecule has 0 saturated carbocycles. The predicted molar refractivity (Wildman–Crippen MR) is 89.0 cm³/mol. The zero-order valence-electron chi connectivity index (χ0n) is 12.9. The Labute approximate surface area is 133 Å². The lowest BCUT2D eigenvalue weighted by atomic mass is 10.2.